The van der Waals surface area contributed by atoms with Gasteiger partial charge < -0.3 is 10.6 Å². The summed E-state index contributed by atoms with van der Waals surface area (Å²) in [5, 5.41) is 4.12. The first-order chi connectivity index (χ1) is 11.6. The van der Waals surface area contributed by atoms with Gasteiger partial charge >= 0.3 is 0 Å². The van der Waals surface area contributed by atoms with Crippen LogP contribution in [0.3, 0.4) is 0 Å². The summed E-state index contributed by atoms with van der Waals surface area (Å²) < 4.78 is 1.71. The third-order valence-electron chi connectivity index (χ3n) is 5.19. The van der Waals surface area contributed by atoms with Crippen LogP contribution in [0.1, 0.15) is 44.2 Å². The van der Waals surface area contributed by atoms with Crippen molar-refractivity contribution in [1.82, 2.24) is 19.7 Å². The number of carbonyl (C=O) groups is 1. The molecule has 1 amide bonds. The van der Waals surface area contributed by atoms with E-state index >= 15 is 0 Å². The van der Waals surface area contributed by atoms with Crippen LogP contribution < -0.4 is 5.73 Å². The standard InChI is InChI=1S/C18H25N5O.ClH/c1-13(22(2)18(24)10-15-4-3-5-17(15)19)14-6-8-16(9-7-14)23-12-20-11-21-23;/h6-9,11-13,15,17H,3-5,10,19H2,1-2H3;1H/t13?,15-,17+;/m0./s1. The van der Waals surface area contributed by atoms with Crippen LogP contribution in [0.5, 0.6) is 0 Å². The quantitative estimate of drug-likeness (QED) is 0.886. The minimum atomic E-state index is 0. The van der Waals surface area contributed by atoms with Gasteiger partial charge in [0.25, 0.3) is 0 Å². The van der Waals surface area contributed by atoms with Gasteiger partial charge in [-0.25, -0.2) is 9.67 Å². The van der Waals surface area contributed by atoms with Crippen LogP contribution in [-0.2, 0) is 4.79 Å². The summed E-state index contributed by atoms with van der Waals surface area (Å²) in [7, 11) is 1.87. The molecule has 0 aliphatic heterocycles. The molecule has 6 nitrogen and oxygen atoms in total. The molecule has 2 N–H and O–H groups in total. The zero-order valence-electron chi connectivity index (χ0n) is 14.7. The van der Waals surface area contributed by atoms with E-state index in [0.717, 1.165) is 30.5 Å². The SMILES string of the molecule is CC(c1ccc(-n2cncn2)cc1)N(C)C(=O)C[C@@H]1CCC[C@H]1N.Cl. The van der Waals surface area contributed by atoms with Crippen LogP contribution in [0.25, 0.3) is 5.69 Å². The average molecular weight is 364 g/mol. The lowest BCUT2D eigenvalue weighted by atomic mass is 9.98. The summed E-state index contributed by atoms with van der Waals surface area (Å²) in [5.74, 6) is 0.507. The second-order valence-corrected chi connectivity index (χ2v) is 6.67. The molecule has 0 bridgehead atoms. The molecule has 1 unspecified atom stereocenters. The second kappa shape index (κ2) is 8.45. The Bertz CT molecular complexity index is 673. The summed E-state index contributed by atoms with van der Waals surface area (Å²) in [6.45, 7) is 2.05. The van der Waals surface area contributed by atoms with Gasteiger partial charge in [0.05, 0.1) is 11.7 Å². The lowest BCUT2D eigenvalue weighted by molar-refractivity contribution is -0.132. The summed E-state index contributed by atoms with van der Waals surface area (Å²) in [6, 6.07) is 8.26. The Balaban J connectivity index is 0.00000225. The highest BCUT2D eigenvalue weighted by molar-refractivity contribution is 5.85. The number of hydrogen-bond donors (Lipinski definition) is 1. The monoisotopic (exact) mass is 363 g/mol. The van der Waals surface area contributed by atoms with E-state index in [0.29, 0.717) is 12.3 Å². The Morgan fingerprint density at radius 1 is 1.36 bits per heavy atom. The molecule has 3 rings (SSSR count). The first-order valence-corrected chi connectivity index (χ1v) is 8.52. The van der Waals surface area contributed by atoms with Crippen LogP contribution in [0.15, 0.2) is 36.9 Å². The molecule has 1 aromatic heterocycles. The van der Waals surface area contributed by atoms with E-state index < -0.39 is 0 Å². The van der Waals surface area contributed by atoms with Gasteiger partial charge in [0, 0.05) is 19.5 Å². The number of benzene rings is 1. The van der Waals surface area contributed by atoms with Crippen molar-refractivity contribution in [2.24, 2.45) is 11.7 Å². The van der Waals surface area contributed by atoms with Crippen molar-refractivity contribution >= 4 is 18.3 Å². The third kappa shape index (κ3) is 4.38. The number of carbonyl (C=O) groups excluding carboxylic acids is 1. The molecule has 1 saturated carbocycles. The van der Waals surface area contributed by atoms with Crippen molar-refractivity contribution < 1.29 is 4.79 Å². The van der Waals surface area contributed by atoms with E-state index in [2.05, 4.69) is 17.0 Å². The van der Waals surface area contributed by atoms with Crippen LogP contribution in [-0.4, -0.2) is 38.7 Å². The first kappa shape index (κ1) is 19.4. The van der Waals surface area contributed by atoms with Crippen molar-refractivity contribution in [2.75, 3.05) is 7.05 Å². The molecule has 0 spiro atoms. The van der Waals surface area contributed by atoms with Gasteiger partial charge in [0.1, 0.15) is 12.7 Å². The lowest BCUT2D eigenvalue weighted by Crippen LogP contribution is -2.34. The molecule has 25 heavy (non-hydrogen) atoms. The first-order valence-electron chi connectivity index (χ1n) is 8.52. The van der Waals surface area contributed by atoms with Crippen LogP contribution in [0.2, 0.25) is 0 Å². The zero-order valence-corrected chi connectivity index (χ0v) is 15.5. The van der Waals surface area contributed by atoms with Crippen molar-refractivity contribution in [3.63, 3.8) is 0 Å². The molecule has 1 aliphatic rings. The van der Waals surface area contributed by atoms with Gasteiger partial charge in [-0.3, -0.25) is 4.79 Å². The minimum absolute atomic E-state index is 0. The summed E-state index contributed by atoms with van der Waals surface area (Å²) in [4.78, 5) is 18.3. The maximum absolute atomic E-state index is 12.6. The molecule has 7 heteroatoms. The number of nitrogens with two attached hydrogens (primary N) is 1. The molecule has 1 heterocycles. The van der Waals surface area contributed by atoms with Gasteiger partial charge in [0.2, 0.25) is 5.91 Å². The summed E-state index contributed by atoms with van der Waals surface area (Å²) >= 11 is 0. The van der Waals surface area contributed by atoms with E-state index in [1.165, 1.54) is 6.33 Å². The maximum atomic E-state index is 12.6. The van der Waals surface area contributed by atoms with Gasteiger partial charge in [-0.1, -0.05) is 18.6 Å². The Morgan fingerprint density at radius 3 is 2.64 bits per heavy atom. The highest BCUT2D eigenvalue weighted by atomic mass is 35.5. The number of rotatable bonds is 5. The fraction of sp³-hybridized carbons (Fsp3) is 0.500. The molecule has 2 aromatic rings. The van der Waals surface area contributed by atoms with Gasteiger partial charge in [-0.05, 0) is 43.4 Å². The number of halogens is 1. The van der Waals surface area contributed by atoms with E-state index in [1.807, 2.05) is 36.2 Å². The second-order valence-electron chi connectivity index (χ2n) is 6.67. The van der Waals surface area contributed by atoms with Crippen molar-refractivity contribution in [3.8, 4) is 5.69 Å². The normalized spacial score (nSPS) is 20.8. The minimum Gasteiger partial charge on any atom is -0.339 e. The van der Waals surface area contributed by atoms with Gasteiger partial charge in [-0.2, -0.15) is 5.10 Å². The molecule has 1 aliphatic carbocycles. The lowest BCUT2D eigenvalue weighted by Gasteiger charge is -2.27. The Labute approximate surface area is 154 Å². The highest BCUT2D eigenvalue weighted by Crippen LogP contribution is 2.29. The fourth-order valence-corrected chi connectivity index (χ4v) is 3.37. The van der Waals surface area contributed by atoms with Gasteiger partial charge in [0.15, 0.2) is 0 Å². The smallest absolute Gasteiger partial charge is 0.223 e. The van der Waals surface area contributed by atoms with E-state index in [-0.39, 0.29) is 30.4 Å². The molecular weight excluding hydrogens is 338 g/mol. The largest absolute Gasteiger partial charge is 0.339 e. The number of hydrogen-bond acceptors (Lipinski definition) is 4. The number of aromatic nitrogens is 3. The van der Waals surface area contributed by atoms with Crippen molar-refractivity contribution in [3.05, 3.63) is 42.5 Å². The summed E-state index contributed by atoms with van der Waals surface area (Å²) in [6.07, 6.45) is 6.99. The van der Waals surface area contributed by atoms with Crippen LogP contribution in [0, 0.1) is 5.92 Å². The molecular formula is C18H26ClN5O. The Kier molecular flexibility index (Phi) is 6.56. The van der Waals surface area contributed by atoms with E-state index in [9.17, 15) is 4.79 Å². The Morgan fingerprint density at radius 2 is 2.08 bits per heavy atom. The maximum Gasteiger partial charge on any atom is 0.223 e. The van der Waals surface area contributed by atoms with E-state index in [4.69, 9.17) is 5.73 Å². The van der Waals surface area contributed by atoms with Crippen LogP contribution >= 0.6 is 12.4 Å². The average Bonchev–Trinajstić information content (AvgIpc) is 3.26. The van der Waals surface area contributed by atoms with Crippen LogP contribution in [0.4, 0.5) is 0 Å². The third-order valence-corrected chi connectivity index (χ3v) is 5.19. The van der Waals surface area contributed by atoms with Crippen molar-refractivity contribution in [2.45, 2.75) is 44.7 Å². The molecule has 3 atom stereocenters. The molecule has 0 saturated heterocycles. The fourth-order valence-electron chi connectivity index (χ4n) is 3.37. The molecule has 1 fully saturated rings. The number of nitrogens with zero attached hydrogens (tertiary/aromatic N) is 4. The van der Waals surface area contributed by atoms with Crippen molar-refractivity contribution in [1.29, 1.82) is 0 Å². The molecule has 136 valence electrons. The zero-order chi connectivity index (χ0) is 17.1. The topological polar surface area (TPSA) is 77.0 Å². The highest BCUT2D eigenvalue weighted by Gasteiger charge is 2.28. The molecule has 1 aromatic carbocycles. The Hall–Kier alpha value is -1.92. The predicted octanol–water partition coefficient (Wildman–Crippen LogP) is 2.73. The van der Waals surface area contributed by atoms with Gasteiger partial charge in [-0.15, -0.1) is 12.4 Å². The van der Waals surface area contributed by atoms with E-state index in [1.54, 1.807) is 11.0 Å². The predicted molar refractivity (Wildman–Crippen MR) is 99.7 cm³/mol. The summed E-state index contributed by atoms with van der Waals surface area (Å²) in [5.41, 5.74) is 8.15. The number of amides is 1. The molecule has 0 radical (unpaired) electrons.